The van der Waals surface area contributed by atoms with Gasteiger partial charge in [-0.2, -0.15) is 13.2 Å². The first-order chi connectivity index (χ1) is 7.78. The highest BCUT2D eigenvalue weighted by atomic mass is 32.1. The van der Waals surface area contributed by atoms with Crippen LogP contribution in [-0.4, -0.2) is 23.3 Å². The zero-order valence-corrected chi connectivity index (χ0v) is 9.86. The van der Waals surface area contributed by atoms with Crippen molar-refractivity contribution in [3.63, 3.8) is 0 Å². The Bertz CT molecular complexity index is 389. The summed E-state index contributed by atoms with van der Waals surface area (Å²) in [6.07, 6.45) is -5.09. The number of carboxylic acid groups (broad SMARTS) is 1. The normalized spacial score (nSPS) is 13.6. The number of thiophene rings is 1. The van der Waals surface area contributed by atoms with E-state index < -0.39 is 24.6 Å². The van der Waals surface area contributed by atoms with Gasteiger partial charge >= 0.3 is 12.1 Å². The van der Waals surface area contributed by atoms with Gasteiger partial charge in [-0.3, -0.25) is 0 Å². The van der Waals surface area contributed by atoms with Crippen LogP contribution in [0.4, 0.5) is 13.2 Å². The van der Waals surface area contributed by atoms with Crippen LogP contribution in [0.5, 0.6) is 0 Å². The third kappa shape index (κ3) is 5.18. The molecule has 1 heterocycles. The van der Waals surface area contributed by atoms with Gasteiger partial charge in [0, 0.05) is 17.5 Å². The molecule has 0 aliphatic rings. The Morgan fingerprint density at radius 1 is 1.53 bits per heavy atom. The lowest BCUT2D eigenvalue weighted by Crippen LogP contribution is -2.30. The van der Waals surface area contributed by atoms with E-state index in [0.29, 0.717) is 4.88 Å². The number of halogens is 3. The topological polar surface area (TPSA) is 49.3 Å². The van der Waals surface area contributed by atoms with Crippen LogP contribution in [0, 0.1) is 0 Å². The molecule has 1 aromatic rings. The van der Waals surface area contributed by atoms with Crippen molar-refractivity contribution in [3.05, 3.63) is 21.9 Å². The zero-order chi connectivity index (χ0) is 13.1. The van der Waals surface area contributed by atoms with Gasteiger partial charge in [-0.05, 0) is 19.1 Å². The van der Waals surface area contributed by atoms with Crippen LogP contribution in [0.25, 0.3) is 0 Å². The maximum absolute atomic E-state index is 12.0. The SMILES string of the molecule is CC(CC(F)(F)F)NCc1ccc(C(=O)O)s1. The molecule has 0 saturated heterocycles. The van der Waals surface area contributed by atoms with Crippen molar-refractivity contribution < 1.29 is 23.1 Å². The molecule has 17 heavy (non-hydrogen) atoms. The molecule has 0 fully saturated rings. The Morgan fingerprint density at radius 2 is 2.18 bits per heavy atom. The van der Waals surface area contributed by atoms with E-state index in [-0.39, 0.29) is 11.4 Å². The van der Waals surface area contributed by atoms with Crippen LogP contribution < -0.4 is 5.32 Å². The van der Waals surface area contributed by atoms with Gasteiger partial charge in [-0.15, -0.1) is 11.3 Å². The average Bonchev–Trinajstić information content (AvgIpc) is 2.60. The molecular weight excluding hydrogens is 255 g/mol. The maximum atomic E-state index is 12.0. The predicted octanol–water partition coefficient (Wildman–Crippen LogP) is 2.88. The van der Waals surface area contributed by atoms with Crippen molar-refractivity contribution in [1.82, 2.24) is 5.32 Å². The molecule has 1 aromatic heterocycles. The number of hydrogen-bond acceptors (Lipinski definition) is 3. The minimum absolute atomic E-state index is 0.185. The summed E-state index contributed by atoms with van der Waals surface area (Å²) in [6, 6.07) is 2.35. The first-order valence-electron chi connectivity index (χ1n) is 4.90. The Labute approximate surface area is 100 Å². The number of alkyl halides is 3. The molecule has 0 bridgehead atoms. The molecule has 0 amide bonds. The molecule has 0 spiro atoms. The third-order valence-electron chi connectivity index (χ3n) is 2.03. The molecule has 7 heteroatoms. The van der Waals surface area contributed by atoms with Crippen molar-refractivity contribution in [3.8, 4) is 0 Å². The lowest BCUT2D eigenvalue weighted by Gasteiger charge is -2.14. The second-order valence-electron chi connectivity index (χ2n) is 3.67. The van der Waals surface area contributed by atoms with Crippen molar-refractivity contribution in [1.29, 1.82) is 0 Å². The monoisotopic (exact) mass is 267 g/mol. The summed E-state index contributed by atoms with van der Waals surface area (Å²) in [5, 5.41) is 11.4. The lowest BCUT2D eigenvalue weighted by molar-refractivity contribution is -0.139. The summed E-state index contributed by atoms with van der Waals surface area (Å²) in [5.74, 6) is -1.02. The van der Waals surface area contributed by atoms with Crippen molar-refractivity contribution in [2.75, 3.05) is 0 Å². The summed E-state index contributed by atoms with van der Waals surface area (Å²) in [4.78, 5) is 11.5. The predicted molar refractivity (Wildman–Crippen MR) is 58.3 cm³/mol. The molecule has 0 aliphatic carbocycles. The molecule has 0 saturated carbocycles. The van der Waals surface area contributed by atoms with E-state index in [0.717, 1.165) is 11.3 Å². The van der Waals surface area contributed by atoms with E-state index in [1.54, 1.807) is 6.07 Å². The van der Waals surface area contributed by atoms with Crippen LogP contribution in [-0.2, 0) is 6.54 Å². The summed E-state index contributed by atoms with van der Waals surface area (Å²) in [5.41, 5.74) is 0. The van der Waals surface area contributed by atoms with Gasteiger partial charge in [0.25, 0.3) is 0 Å². The minimum Gasteiger partial charge on any atom is -0.477 e. The number of rotatable bonds is 5. The van der Waals surface area contributed by atoms with Gasteiger partial charge in [-0.1, -0.05) is 0 Å². The van der Waals surface area contributed by atoms with Crippen LogP contribution in [0.15, 0.2) is 12.1 Å². The van der Waals surface area contributed by atoms with Crippen molar-refractivity contribution in [2.45, 2.75) is 32.1 Å². The second-order valence-corrected chi connectivity index (χ2v) is 4.84. The van der Waals surface area contributed by atoms with E-state index in [1.165, 1.54) is 13.0 Å². The molecular formula is C10H12F3NO2S. The highest BCUT2D eigenvalue weighted by molar-refractivity contribution is 7.13. The quantitative estimate of drug-likeness (QED) is 0.862. The van der Waals surface area contributed by atoms with Gasteiger partial charge in [0.2, 0.25) is 0 Å². The van der Waals surface area contributed by atoms with Gasteiger partial charge in [0.1, 0.15) is 4.88 Å². The Kier molecular flexibility index (Phi) is 4.53. The summed E-state index contributed by atoms with van der Waals surface area (Å²) >= 11 is 1.06. The van der Waals surface area contributed by atoms with Crippen molar-refractivity contribution >= 4 is 17.3 Å². The highest BCUT2D eigenvalue weighted by Crippen LogP contribution is 2.22. The maximum Gasteiger partial charge on any atom is 0.390 e. The first kappa shape index (κ1) is 14.0. The number of aromatic carboxylic acids is 1. The molecule has 2 N–H and O–H groups in total. The van der Waals surface area contributed by atoms with E-state index in [2.05, 4.69) is 5.32 Å². The molecule has 1 unspecified atom stereocenters. The molecule has 0 aliphatic heterocycles. The second kappa shape index (κ2) is 5.50. The minimum atomic E-state index is -4.19. The zero-order valence-electron chi connectivity index (χ0n) is 9.04. The van der Waals surface area contributed by atoms with Crippen LogP contribution >= 0.6 is 11.3 Å². The standard InChI is InChI=1S/C10H12F3NO2S/c1-6(4-10(11,12)13)14-5-7-2-3-8(17-7)9(15)16/h2-3,6,14H,4-5H2,1H3,(H,15,16). The van der Waals surface area contributed by atoms with Gasteiger partial charge < -0.3 is 10.4 Å². The molecule has 1 rings (SSSR count). The fourth-order valence-corrected chi connectivity index (χ4v) is 2.08. The molecule has 96 valence electrons. The average molecular weight is 267 g/mol. The van der Waals surface area contributed by atoms with Crippen LogP contribution in [0.1, 0.15) is 27.9 Å². The van der Waals surface area contributed by atoms with Gasteiger partial charge in [-0.25, -0.2) is 4.79 Å². The number of hydrogen-bond donors (Lipinski definition) is 2. The fourth-order valence-electron chi connectivity index (χ4n) is 1.28. The van der Waals surface area contributed by atoms with Crippen molar-refractivity contribution in [2.24, 2.45) is 0 Å². The molecule has 0 radical (unpaired) electrons. The van der Waals surface area contributed by atoms with E-state index >= 15 is 0 Å². The Morgan fingerprint density at radius 3 is 2.65 bits per heavy atom. The third-order valence-corrected chi connectivity index (χ3v) is 3.11. The van der Waals surface area contributed by atoms with E-state index in [9.17, 15) is 18.0 Å². The summed E-state index contributed by atoms with van der Waals surface area (Å²) < 4.78 is 36.1. The molecule has 0 aromatic carbocycles. The number of carbonyl (C=O) groups is 1. The van der Waals surface area contributed by atoms with Gasteiger partial charge in [0.05, 0.1) is 6.42 Å². The Balaban J connectivity index is 2.42. The van der Waals surface area contributed by atoms with Gasteiger partial charge in [0.15, 0.2) is 0 Å². The summed E-state index contributed by atoms with van der Waals surface area (Å²) in [6.45, 7) is 1.69. The van der Waals surface area contributed by atoms with E-state index in [4.69, 9.17) is 5.11 Å². The molecule has 3 nitrogen and oxygen atoms in total. The largest absolute Gasteiger partial charge is 0.477 e. The fraction of sp³-hybridized carbons (Fsp3) is 0.500. The molecule has 1 atom stereocenters. The highest BCUT2D eigenvalue weighted by Gasteiger charge is 2.29. The first-order valence-corrected chi connectivity index (χ1v) is 5.72. The lowest BCUT2D eigenvalue weighted by atomic mass is 10.2. The van der Waals surface area contributed by atoms with Crippen LogP contribution in [0.3, 0.4) is 0 Å². The number of nitrogens with one attached hydrogen (secondary N) is 1. The Hall–Kier alpha value is -1.08. The van der Waals surface area contributed by atoms with E-state index in [1.807, 2.05) is 0 Å². The number of carboxylic acids is 1. The smallest absolute Gasteiger partial charge is 0.390 e. The van der Waals surface area contributed by atoms with Crippen LogP contribution in [0.2, 0.25) is 0 Å². The summed E-state index contributed by atoms with van der Waals surface area (Å²) in [7, 11) is 0.